The molecular formula is C19H14N4O2. The van der Waals surface area contributed by atoms with E-state index in [9.17, 15) is 9.59 Å². The molecule has 25 heavy (non-hydrogen) atoms. The van der Waals surface area contributed by atoms with Gasteiger partial charge in [-0.25, -0.2) is 0 Å². The lowest BCUT2D eigenvalue weighted by atomic mass is 10.1. The number of benzene rings is 2. The lowest BCUT2D eigenvalue weighted by Gasteiger charge is -2.08. The molecule has 2 heterocycles. The van der Waals surface area contributed by atoms with Crippen molar-refractivity contribution in [2.45, 2.75) is 0 Å². The summed E-state index contributed by atoms with van der Waals surface area (Å²) in [6.07, 6.45) is 3.34. The second-order valence-electron chi connectivity index (χ2n) is 5.55. The first-order valence-corrected chi connectivity index (χ1v) is 7.74. The number of hydrogen-bond acceptors (Lipinski definition) is 3. The summed E-state index contributed by atoms with van der Waals surface area (Å²) in [5, 5.41) is 9.72. The molecule has 0 atom stereocenters. The second-order valence-corrected chi connectivity index (χ2v) is 5.55. The van der Waals surface area contributed by atoms with Crippen LogP contribution in [0.2, 0.25) is 0 Å². The highest BCUT2D eigenvalue weighted by Crippen LogP contribution is 2.24. The summed E-state index contributed by atoms with van der Waals surface area (Å²) in [6.45, 7) is 0. The Morgan fingerprint density at radius 3 is 2.64 bits per heavy atom. The van der Waals surface area contributed by atoms with Crippen LogP contribution in [0.25, 0.3) is 22.0 Å². The van der Waals surface area contributed by atoms with Crippen LogP contribution in [-0.4, -0.2) is 21.1 Å². The van der Waals surface area contributed by atoms with Gasteiger partial charge in [0.1, 0.15) is 5.69 Å². The fraction of sp³-hybridized carbons (Fsp3) is 0. The van der Waals surface area contributed by atoms with Crippen LogP contribution in [0.15, 0.2) is 71.8 Å². The molecule has 122 valence electrons. The molecule has 0 bridgehead atoms. The van der Waals surface area contributed by atoms with Gasteiger partial charge >= 0.3 is 0 Å². The van der Waals surface area contributed by atoms with E-state index in [4.69, 9.17) is 0 Å². The van der Waals surface area contributed by atoms with Gasteiger partial charge in [-0.3, -0.25) is 24.8 Å². The molecule has 3 N–H and O–H groups in total. The van der Waals surface area contributed by atoms with E-state index in [1.807, 2.05) is 36.4 Å². The van der Waals surface area contributed by atoms with Crippen molar-refractivity contribution in [1.82, 2.24) is 15.2 Å². The molecule has 4 aromatic rings. The van der Waals surface area contributed by atoms with Crippen LogP contribution in [0.5, 0.6) is 0 Å². The Hall–Kier alpha value is -3.67. The summed E-state index contributed by atoms with van der Waals surface area (Å²) >= 11 is 0. The van der Waals surface area contributed by atoms with E-state index in [1.165, 1.54) is 0 Å². The van der Waals surface area contributed by atoms with Crippen molar-refractivity contribution in [3.8, 4) is 11.3 Å². The van der Waals surface area contributed by atoms with Gasteiger partial charge in [0.15, 0.2) is 0 Å². The number of H-pyrrole nitrogens is 2. The maximum Gasteiger partial charge on any atom is 0.288 e. The van der Waals surface area contributed by atoms with Gasteiger partial charge in [0.05, 0.1) is 5.69 Å². The van der Waals surface area contributed by atoms with Crippen LogP contribution in [-0.2, 0) is 0 Å². The smallest absolute Gasteiger partial charge is 0.288 e. The van der Waals surface area contributed by atoms with Crippen LogP contribution in [0.3, 0.4) is 0 Å². The Kier molecular flexibility index (Phi) is 3.63. The van der Waals surface area contributed by atoms with E-state index in [0.717, 1.165) is 16.3 Å². The Bertz CT molecular complexity index is 1110. The van der Waals surface area contributed by atoms with Crippen molar-refractivity contribution in [2.75, 3.05) is 5.32 Å². The molecule has 0 aliphatic carbocycles. The Labute approximate surface area is 142 Å². The Morgan fingerprint density at radius 1 is 0.960 bits per heavy atom. The van der Waals surface area contributed by atoms with Crippen LogP contribution in [0.1, 0.15) is 10.4 Å². The molecule has 6 heteroatoms. The molecule has 2 aromatic heterocycles. The van der Waals surface area contributed by atoms with Gasteiger partial charge < -0.3 is 5.32 Å². The summed E-state index contributed by atoms with van der Waals surface area (Å²) in [5.41, 5.74) is 1.65. The number of aromatic nitrogens is 3. The fourth-order valence-corrected chi connectivity index (χ4v) is 2.80. The third-order valence-electron chi connectivity index (χ3n) is 4.00. The van der Waals surface area contributed by atoms with Crippen LogP contribution >= 0.6 is 0 Å². The predicted octanol–water partition coefficient (Wildman–Crippen LogP) is 3.17. The number of fused-ring (bicyclic) bond motifs is 1. The molecule has 1 amide bonds. The number of rotatable bonds is 3. The average molecular weight is 330 g/mol. The normalized spacial score (nSPS) is 10.7. The monoisotopic (exact) mass is 330 g/mol. The lowest BCUT2D eigenvalue weighted by molar-refractivity contribution is 0.102. The third-order valence-corrected chi connectivity index (χ3v) is 4.00. The lowest BCUT2D eigenvalue weighted by Crippen LogP contribution is -2.17. The van der Waals surface area contributed by atoms with E-state index in [0.29, 0.717) is 11.3 Å². The molecule has 2 aromatic carbocycles. The van der Waals surface area contributed by atoms with E-state index >= 15 is 0 Å². The van der Waals surface area contributed by atoms with Crippen LogP contribution in [0, 0.1) is 0 Å². The molecule has 0 aliphatic heterocycles. The van der Waals surface area contributed by atoms with Gasteiger partial charge in [-0.2, -0.15) is 0 Å². The quantitative estimate of drug-likeness (QED) is 0.539. The predicted molar refractivity (Wildman–Crippen MR) is 96.5 cm³/mol. The largest absolute Gasteiger partial charge is 0.315 e. The van der Waals surface area contributed by atoms with Gasteiger partial charge in [0.25, 0.3) is 11.5 Å². The van der Waals surface area contributed by atoms with Gasteiger partial charge in [0, 0.05) is 28.9 Å². The molecule has 4 rings (SSSR count). The van der Waals surface area contributed by atoms with Crippen molar-refractivity contribution >= 4 is 22.4 Å². The van der Waals surface area contributed by atoms with E-state index in [1.54, 1.807) is 30.6 Å². The maximum absolute atomic E-state index is 12.8. The first-order valence-electron chi connectivity index (χ1n) is 7.74. The number of carbonyl (C=O) groups excluding carboxylic acids is 1. The summed E-state index contributed by atoms with van der Waals surface area (Å²) in [4.78, 5) is 29.0. The van der Waals surface area contributed by atoms with Crippen LogP contribution < -0.4 is 10.9 Å². The molecular weight excluding hydrogens is 316 g/mol. The van der Waals surface area contributed by atoms with Crippen molar-refractivity contribution in [3.63, 3.8) is 0 Å². The topological polar surface area (TPSA) is 90.6 Å². The number of aromatic amines is 2. The molecule has 6 nitrogen and oxygen atoms in total. The number of nitrogens with zero attached hydrogens (tertiary/aromatic N) is 1. The summed E-state index contributed by atoms with van der Waals surface area (Å²) in [6, 6.07) is 16.5. The van der Waals surface area contributed by atoms with Gasteiger partial charge in [-0.05, 0) is 17.5 Å². The highest BCUT2D eigenvalue weighted by Gasteiger charge is 2.17. The molecule has 0 spiro atoms. The van der Waals surface area contributed by atoms with Crippen molar-refractivity contribution in [1.29, 1.82) is 0 Å². The Morgan fingerprint density at radius 2 is 1.80 bits per heavy atom. The zero-order valence-corrected chi connectivity index (χ0v) is 13.1. The number of pyridine rings is 1. The van der Waals surface area contributed by atoms with Gasteiger partial charge in [-0.1, -0.05) is 42.5 Å². The summed E-state index contributed by atoms with van der Waals surface area (Å²) < 4.78 is 0. The highest BCUT2D eigenvalue weighted by atomic mass is 16.2. The number of hydrogen-bond donors (Lipinski definition) is 3. The molecule has 0 fully saturated rings. The van der Waals surface area contributed by atoms with Gasteiger partial charge in [0.2, 0.25) is 0 Å². The summed E-state index contributed by atoms with van der Waals surface area (Å²) in [5.74, 6) is -0.348. The molecule has 0 radical (unpaired) electrons. The van der Waals surface area contributed by atoms with Crippen molar-refractivity contribution in [3.05, 3.63) is 82.9 Å². The number of amides is 1. The van der Waals surface area contributed by atoms with E-state index < -0.39 is 0 Å². The first kappa shape index (κ1) is 14.9. The molecule has 0 saturated heterocycles. The second kappa shape index (κ2) is 6.09. The third kappa shape index (κ3) is 2.70. The summed E-state index contributed by atoms with van der Waals surface area (Å²) in [7, 11) is 0. The van der Waals surface area contributed by atoms with Gasteiger partial charge in [-0.15, -0.1) is 0 Å². The number of anilines is 1. The fourth-order valence-electron chi connectivity index (χ4n) is 2.80. The standard InChI is InChI=1S/C19H14N4O2/c24-18(15-8-4-7-13-11-20-10-9-14(13)15)21-17-16(22-23-19(17)25)12-5-2-1-3-6-12/h1-11H,(H,21,24)(H2,22,23,25). The minimum absolute atomic E-state index is 0.197. The zero-order valence-electron chi connectivity index (χ0n) is 13.1. The van der Waals surface area contributed by atoms with E-state index in [2.05, 4.69) is 20.5 Å². The minimum Gasteiger partial charge on any atom is -0.315 e. The number of carbonyl (C=O) groups is 1. The SMILES string of the molecule is O=C(Nc1c(-c2ccccc2)[nH][nH]c1=O)c1cccc2cnccc12. The molecule has 0 unspecified atom stereocenters. The average Bonchev–Trinajstić information content (AvgIpc) is 3.02. The number of nitrogens with one attached hydrogen (secondary N) is 3. The van der Waals surface area contributed by atoms with E-state index in [-0.39, 0.29) is 17.2 Å². The molecule has 0 saturated carbocycles. The molecule has 0 aliphatic rings. The highest BCUT2D eigenvalue weighted by molar-refractivity contribution is 6.13. The maximum atomic E-state index is 12.8. The zero-order chi connectivity index (χ0) is 17.2. The first-order chi connectivity index (χ1) is 12.2. The van der Waals surface area contributed by atoms with Crippen molar-refractivity contribution < 1.29 is 4.79 Å². The minimum atomic E-state index is -0.380. The Balaban J connectivity index is 1.75. The van der Waals surface area contributed by atoms with Crippen LogP contribution in [0.4, 0.5) is 5.69 Å². The van der Waals surface area contributed by atoms with Crippen molar-refractivity contribution in [2.24, 2.45) is 0 Å².